The Hall–Kier alpha value is -2.76. The summed E-state index contributed by atoms with van der Waals surface area (Å²) in [5.74, 6) is 0.783. The van der Waals surface area contributed by atoms with Crippen LogP contribution in [-0.4, -0.2) is 15.5 Å². The van der Waals surface area contributed by atoms with E-state index in [4.69, 9.17) is 32.6 Å². The summed E-state index contributed by atoms with van der Waals surface area (Å²) in [4.78, 5) is 17.4. The van der Waals surface area contributed by atoms with Gasteiger partial charge in [-0.15, -0.1) is 0 Å². The molecule has 1 atom stereocenters. The number of furan rings is 1. The number of carbonyl (C=O) groups is 1. The molecule has 1 unspecified atom stereocenters. The molecular formula is C22H19Cl2N3O2. The number of hydrogen-bond donors (Lipinski definition) is 1. The predicted octanol–water partition coefficient (Wildman–Crippen LogP) is 5.87. The van der Waals surface area contributed by atoms with Crippen LogP contribution < -0.4 is 5.32 Å². The summed E-state index contributed by atoms with van der Waals surface area (Å²) in [6.07, 6.45) is 2.16. The molecule has 5 nitrogen and oxygen atoms in total. The molecule has 4 aromatic rings. The van der Waals surface area contributed by atoms with Crippen LogP contribution in [0.4, 0.5) is 0 Å². The normalized spacial score (nSPS) is 12.2. The highest BCUT2D eigenvalue weighted by molar-refractivity contribution is 6.42. The summed E-state index contributed by atoms with van der Waals surface area (Å²) in [6, 6.07) is 16.5. The molecular weight excluding hydrogens is 409 g/mol. The van der Waals surface area contributed by atoms with Gasteiger partial charge in [0.25, 0.3) is 5.91 Å². The van der Waals surface area contributed by atoms with E-state index in [0.717, 1.165) is 22.4 Å². The molecule has 0 saturated carbocycles. The summed E-state index contributed by atoms with van der Waals surface area (Å²) in [7, 11) is 0. The fourth-order valence-corrected chi connectivity index (χ4v) is 3.65. The number of benzene rings is 2. The lowest BCUT2D eigenvalue weighted by Crippen LogP contribution is -2.30. The minimum absolute atomic E-state index is 0.269. The molecule has 2 heterocycles. The van der Waals surface area contributed by atoms with Crippen molar-refractivity contribution in [1.29, 1.82) is 0 Å². The van der Waals surface area contributed by atoms with Gasteiger partial charge in [-0.05, 0) is 48.4 Å². The largest absolute Gasteiger partial charge is 0.459 e. The second-order valence-corrected chi connectivity index (χ2v) is 7.52. The van der Waals surface area contributed by atoms with Gasteiger partial charge in [0.2, 0.25) is 0 Å². The number of nitrogens with zero attached hydrogens (tertiary/aromatic N) is 2. The third kappa shape index (κ3) is 4.02. The molecule has 0 aliphatic carbocycles. The first kappa shape index (κ1) is 19.6. The monoisotopic (exact) mass is 427 g/mol. The Morgan fingerprint density at radius 1 is 1.14 bits per heavy atom. The highest BCUT2D eigenvalue weighted by Crippen LogP contribution is 2.27. The van der Waals surface area contributed by atoms with Crippen molar-refractivity contribution < 1.29 is 9.21 Å². The molecule has 4 rings (SSSR count). The Balaban J connectivity index is 1.73. The lowest BCUT2D eigenvalue weighted by atomic mass is 10.1. The van der Waals surface area contributed by atoms with Crippen LogP contribution in [0.5, 0.6) is 0 Å². The first-order valence-electron chi connectivity index (χ1n) is 9.30. The van der Waals surface area contributed by atoms with E-state index >= 15 is 0 Å². The van der Waals surface area contributed by atoms with Gasteiger partial charge in [-0.2, -0.15) is 0 Å². The maximum absolute atomic E-state index is 12.5. The van der Waals surface area contributed by atoms with Crippen LogP contribution >= 0.6 is 23.2 Å². The van der Waals surface area contributed by atoms with Gasteiger partial charge in [0, 0.05) is 6.54 Å². The van der Waals surface area contributed by atoms with Crippen molar-refractivity contribution in [1.82, 2.24) is 14.9 Å². The van der Waals surface area contributed by atoms with Crippen molar-refractivity contribution in [3.63, 3.8) is 0 Å². The van der Waals surface area contributed by atoms with E-state index < -0.39 is 0 Å². The highest BCUT2D eigenvalue weighted by Gasteiger charge is 2.22. The summed E-state index contributed by atoms with van der Waals surface area (Å²) < 4.78 is 7.32. The van der Waals surface area contributed by atoms with Gasteiger partial charge in [0.1, 0.15) is 5.82 Å². The van der Waals surface area contributed by atoms with Gasteiger partial charge in [-0.3, -0.25) is 4.79 Å². The average molecular weight is 428 g/mol. The average Bonchev–Trinajstić information content (AvgIpc) is 3.38. The van der Waals surface area contributed by atoms with E-state index in [2.05, 4.69) is 9.88 Å². The Morgan fingerprint density at radius 3 is 2.69 bits per heavy atom. The topological polar surface area (TPSA) is 60.1 Å². The molecule has 0 aliphatic heterocycles. The van der Waals surface area contributed by atoms with E-state index in [0.29, 0.717) is 23.0 Å². The Kier molecular flexibility index (Phi) is 5.60. The minimum atomic E-state index is -0.275. The molecule has 0 radical (unpaired) electrons. The molecule has 1 amide bonds. The first-order valence-corrected chi connectivity index (χ1v) is 10.1. The van der Waals surface area contributed by atoms with Crippen molar-refractivity contribution in [2.75, 3.05) is 0 Å². The number of nitrogens with one attached hydrogen (secondary N) is 1. The third-order valence-electron chi connectivity index (χ3n) is 4.78. The number of aromatic nitrogens is 2. The fraction of sp³-hybridized carbons (Fsp3) is 0.182. The molecule has 2 aromatic carbocycles. The standard InChI is InChI=1S/C22H19Cl2N3O2/c1-2-17(26-22(28)20-8-5-11-29-20)21-25-18-6-3-4-7-19(18)27(21)13-14-9-10-15(23)16(24)12-14/h3-12,17H,2,13H2,1H3,(H,26,28). The third-order valence-corrected chi connectivity index (χ3v) is 5.52. The number of hydrogen-bond acceptors (Lipinski definition) is 3. The van der Waals surface area contributed by atoms with Crippen LogP contribution in [0, 0.1) is 0 Å². The number of fused-ring (bicyclic) bond motifs is 1. The maximum Gasteiger partial charge on any atom is 0.287 e. The molecule has 0 aliphatic rings. The summed E-state index contributed by atoms with van der Waals surface area (Å²) in [5.41, 5.74) is 2.85. The first-order chi connectivity index (χ1) is 14.1. The molecule has 148 valence electrons. The van der Waals surface area contributed by atoms with Crippen LogP contribution in [0.2, 0.25) is 10.0 Å². The van der Waals surface area contributed by atoms with E-state index in [-0.39, 0.29) is 17.7 Å². The predicted molar refractivity (Wildman–Crippen MR) is 115 cm³/mol. The van der Waals surface area contributed by atoms with Gasteiger partial charge in [-0.25, -0.2) is 4.98 Å². The van der Waals surface area contributed by atoms with Crippen molar-refractivity contribution in [3.05, 3.63) is 88.1 Å². The number of amides is 1. The molecule has 29 heavy (non-hydrogen) atoms. The van der Waals surface area contributed by atoms with Crippen LogP contribution in [-0.2, 0) is 6.54 Å². The quantitative estimate of drug-likeness (QED) is 0.418. The molecule has 2 aromatic heterocycles. The van der Waals surface area contributed by atoms with Gasteiger partial charge in [-0.1, -0.05) is 48.3 Å². The fourth-order valence-electron chi connectivity index (χ4n) is 3.33. The van der Waals surface area contributed by atoms with Gasteiger partial charge >= 0.3 is 0 Å². The van der Waals surface area contributed by atoms with Crippen LogP contribution in [0.15, 0.2) is 65.3 Å². The zero-order valence-corrected chi connectivity index (χ0v) is 17.2. The maximum atomic E-state index is 12.5. The second-order valence-electron chi connectivity index (χ2n) is 6.70. The van der Waals surface area contributed by atoms with E-state index in [1.165, 1.54) is 6.26 Å². The van der Waals surface area contributed by atoms with Crippen LogP contribution in [0.25, 0.3) is 11.0 Å². The van der Waals surface area contributed by atoms with E-state index in [9.17, 15) is 4.79 Å². The molecule has 0 fully saturated rings. The van der Waals surface area contributed by atoms with Crippen molar-refractivity contribution in [2.24, 2.45) is 0 Å². The zero-order chi connectivity index (χ0) is 20.4. The molecule has 0 saturated heterocycles. The number of halogens is 2. The van der Waals surface area contributed by atoms with Crippen molar-refractivity contribution in [2.45, 2.75) is 25.9 Å². The minimum Gasteiger partial charge on any atom is -0.459 e. The lowest BCUT2D eigenvalue weighted by Gasteiger charge is -2.18. The lowest BCUT2D eigenvalue weighted by molar-refractivity contribution is 0.0905. The zero-order valence-electron chi connectivity index (χ0n) is 15.7. The van der Waals surface area contributed by atoms with Gasteiger partial charge in [0.15, 0.2) is 5.76 Å². The van der Waals surface area contributed by atoms with E-state index in [1.807, 2.05) is 43.3 Å². The van der Waals surface area contributed by atoms with Gasteiger partial charge in [0.05, 0.1) is 33.4 Å². The number of carbonyl (C=O) groups excluding carboxylic acids is 1. The summed E-state index contributed by atoms with van der Waals surface area (Å²) in [5, 5.41) is 4.05. The number of imidazole rings is 1. The highest BCUT2D eigenvalue weighted by atomic mass is 35.5. The van der Waals surface area contributed by atoms with Crippen LogP contribution in [0.3, 0.4) is 0 Å². The molecule has 7 heteroatoms. The van der Waals surface area contributed by atoms with Crippen molar-refractivity contribution in [3.8, 4) is 0 Å². The second kappa shape index (κ2) is 8.31. The molecule has 1 N–H and O–H groups in total. The van der Waals surface area contributed by atoms with Crippen molar-refractivity contribution >= 4 is 40.1 Å². The summed E-state index contributed by atoms with van der Waals surface area (Å²) >= 11 is 12.3. The number of rotatable bonds is 6. The molecule has 0 bridgehead atoms. The SMILES string of the molecule is CCC(NC(=O)c1ccco1)c1nc2ccccc2n1Cc1ccc(Cl)c(Cl)c1. The van der Waals surface area contributed by atoms with Crippen LogP contribution in [0.1, 0.15) is 41.3 Å². The molecule has 0 spiro atoms. The smallest absolute Gasteiger partial charge is 0.287 e. The summed E-state index contributed by atoms with van der Waals surface area (Å²) in [6.45, 7) is 2.57. The van der Waals surface area contributed by atoms with Gasteiger partial charge < -0.3 is 14.3 Å². The Bertz CT molecular complexity index is 1150. The van der Waals surface area contributed by atoms with E-state index in [1.54, 1.807) is 18.2 Å². The Labute approximate surface area is 178 Å². The number of para-hydroxylation sites is 2. The Morgan fingerprint density at radius 2 is 1.97 bits per heavy atom.